The second-order valence-corrected chi connectivity index (χ2v) is 12.0. The first kappa shape index (κ1) is 24.5. The quantitative estimate of drug-likeness (QED) is 0.601. The minimum atomic E-state index is -3.34. The van der Waals surface area contributed by atoms with Crippen molar-refractivity contribution < 1.29 is 27.8 Å². The maximum atomic E-state index is 13.6. The Hall–Kier alpha value is -2.18. The van der Waals surface area contributed by atoms with Crippen molar-refractivity contribution in [3.05, 3.63) is 29.5 Å². The van der Waals surface area contributed by atoms with E-state index in [9.17, 15) is 18.3 Å². The summed E-state index contributed by atoms with van der Waals surface area (Å²) in [5.74, 6) is 0.700. The van der Waals surface area contributed by atoms with Gasteiger partial charge in [0.05, 0.1) is 50.8 Å². The third-order valence-electron chi connectivity index (χ3n) is 7.82. The van der Waals surface area contributed by atoms with Gasteiger partial charge in [0.1, 0.15) is 5.75 Å². The summed E-state index contributed by atoms with van der Waals surface area (Å²) < 4.78 is 39.7. The molecule has 4 heterocycles. The molecule has 2 saturated heterocycles. The van der Waals surface area contributed by atoms with Crippen LogP contribution in [0.4, 0.5) is 0 Å². The standard InChI is InChI=1S/C24H34N4O6S/c1-4-35(31,32)27-14-24(15-27)16-28(21(30)12-26-7-9-34-10-8-26)20(13-29)23-22(24)18-6-5-17(33-3)11-19(18)25(23)2/h5-6,11,20,29H,4,7-10,12-16H2,1-3H3/t20-/m1/s1. The van der Waals surface area contributed by atoms with E-state index < -0.39 is 21.5 Å². The second kappa shape index (κ2) is 9.04. The van der Waals surface area contributed by atoms with Crippen molar-refractivity contribution in [2.24, 2.45) is 7.05 Å². The zero-order valence-corrected chi connectivity index (χ0v) is 21.4. The fourth-order valence-electron chi connectivity index (χ4n) is 5.93. The largest absolute Gasteiger partial charge is 0.497 e. The summed E-state index contributed by atoms with van der Waals surface area (Å²) in [6, 6.07) is 5.35. The summed E-state index contributed by atoms with van der Waals surface area (Å²) in [5.41, 5.74) is 2.31. The van der Waals surface area contributed by atoms with Crippen LogP contribution in [-0.4, -0.2) is 110 Å². The Kier molecular flexibility index (Phi) is 6.33. The van der Waals surface area contributed by atoms with E-state index in [4.69, 9.17) is 9.47 Å². The van der Waals surface area contributed by atoms with Gasteiger partial charge in [0, 0.05) is 62.3 Å². The lowest BCUT2D eigenvalue weighted by Gasteiger charge is -2.55. The smallest absolute Gasteiger partial charge is 0.237 e. The third-order valence-corrected chi connectivity index (χ3v) is 9.59. The van der Waals surface area contributed by atoms with Crippen LogP contribution in [0, 0.1) is 0 Å². The van der Waals surface area contributed by atoms with Gasteiger partial charge in [-0.1, -0.05) is 0 Å². The van der Waals surface area contributed by atoms with Gasteiger partial charge in [0.25, 0.3) is 0 Å². The van der Waals surface area contributed by atoms with Crippen molar-refractivity contribution >= 4 is 26.8 Å². The molecular formula is C24H34N4O6S. The van der Waals surface area contributed by atoms with Crippen molar-refractivity contribution in [2.45, 2.75) is 18.4 Å². The number of sulfonamides is 1. The van der Waals surface area contributed by atoms with E-state index in [-0.39, 0.29) is 24.8 Å². The number of methoxy groups -OCH3 is 1. The molecule has 2 aromatic rings. The molecule has 2 fully saturated rings. The summed E-state index contributed by atoms with van der Waals surface area (Å²) in [4.78, 5) is 17.4. The fourth-order valence-corrected chi connectivity index (χ4v) is 7.18. The van der Waals surface area contributed by atoms with Crippen molar-refractivity contribution in [1.82, 2.24) is 18.7 Å². The summed E-state index contributed by atoms with van der Waals surface area (Å²) >= 11 is 0. The lowest BCUT2D eigenvalue weighted by atomic mass is 9.70. The molecule has 1 N–H and O–H groups in total. The number of rotatable bonds is 6. The SMILES string of the molecule is CCS(=O)(=O)N1CC2(CN(C(=O)CN3CCOCC3)[C@H](CO)c3c2c2ccc(OC)cc2n3C)C1. The molecule has 1 aromatic heterocycles. The summed E-state index contributed by atoms with van der Waals surface area (Å²) in [7, 11) is 0.211. The normalized spacial score (nSPS) is 22.9. The van der Waals surface area contributed by atoms with Crippen molar-refractivity contribution in [3.63, 3.8) is 0 Å². The highest BCUT2D eigenvalue weighted by Gasteiger charge is 2.56. The van der Waals surface area contributed by atoms with Crippen molar-refractivity contribution in [3.8, 4) is 5.75 Å². The molecule has 1 aromatic carbocycles. The Balaban J connectivity index is 1.60. The van der Waals surface area contributed by atoms with Crippen LogP contribution < -0.4 is 4.74 Å². The number of hydrogen-bond donors (Lipinski definition) is 1. The number of benzene rings is 1. The number of carbonyl (C=O) groups is 1. The molecule has 10 nitrogen and oxygen atoms in total. The molecular weight excluding hydrogens is 472 g/mol. The Morgan fingerprint density at radius 3 is 2.57 bits per heavy atom. The maximum absolute atomic E-state index is 13.6. The number of hydrogen-bond acceptors (Lipinski definition) is 7. The number of carbonyl (C=O) groups excluding carboxylic acids is 1. The van der Waals surface area contributed by atoms with Crippen molar-refractivity contribution in [2.75, 3.05) is 72.0 Å². The predicted octanol–water partition coefficient (Wildman–Crippen LogP) is 0.298. The molecule has 1 atom stereocenters. The minimum Gasteiger partial charge on any atom is -0.497 e. The van der Waals surface area contributed by atoms with Gasteiger partial charge < -0.3 is 24.0 Å². The first-order valence-electron chi connectivity index (χ1n) is 12.1. The lowest BCUT2D eigenvalue weighted by Crippen LogP contribution is -2.68. The molecule has 3 aliphatic rings. The van der Waals surface area contributed by atoms with Crippen LogP contribution in [0.5, 0.6) is 5.75 Å². The first-order valence-corrected chi connectivity index (χ1v) is 13.7. The van der Waals surface area contributed by atoms with E-state index >= 15 is 0 Å². The zero-order chi connectivity index (χ0) is 25.0. The molecule has 1 amide bonds. The summed E-state index contributed by atoms with van der Waals surface area (Å²) in [6.07, 6.45) is 0. The van der Waals surface area contributed by atoms with Gasteiger partial charge in [-0.3, -0.25) is 9.69 Å². The molecule has 3 aliphatic heterocycles. The van der Waals surface area contributed by atoms with Crippen molar-refractivity contribution in [1.29, 1.82) is 0 Å². The van der Waals surface area contributed by atoms with Crippen LogP contribution in [0.3, 0.4) is 0 Å². The maximum Gasteiger partial charge on any atom is 0.237 e. The highest BCUT2D eigenvalue weighted by atomic mass is 32.2. The predicted molar refractivity (Wildman–Crippen MR) is 131 cm³/mol. The van der Waals surface area contributed by atoms with Crippen LogP contribution in [0.25, 0.3) is 10.9 Å². The number of fused-ring (bicyclic) bond motifs is 4. The summed E-state index contributed by atoms with van der Waals surface area (Å²) in [5, 5.41) is 11.5. The van der Waals surface area contributed by atoms with Gasteiger partial charge in [-0.15, -0.1) is 0 Å². The van der Waals surface area contributed by atoms with Crippen LogP contribution in [-0.2, 0) is 32.0 Å². The van der Waals surface area contributed by atoms with E-state index in [1.165, 1.54) is 4.31 Å². The average molecular weight is 507 g/mol. The molecule has 0 unspecified atom stereocenters. The highest BCUT2D eigenvalue weighted by molar-refractivity contribution is 7.89. The zero-order valence-electron chi connectivity index (χ0n) is 20.6. The Labute approximate surface area is 206 Å². The van der Waals surface area contributed by atoms with Gasteiger partial charge in [-0.05, 0) is 24.6 Å². The number of aromatic nitrogens is 1. The Bertz CT molecular complexity index is 1230. The molecule has 192 valence electrons. The molecule has 1 spiro atoms. The first-order chi connectivity index (χ1) is 16.7. The number of aliphatic hydroxyl groups excluding tert-OH is 1. The van der Waals surface area contributed by atoms with Crippen LogP contribution >= 0.6 is 0 Å². The Morgan fingerprint density at radius 2 is 1.94 bits per heavy atom. The van der Waals surface area contributed by atoms with E-state index in [2.05, 4.69) is 4.90 Å². The number of amides is 1. The lowest BCUT2D eigenvalue weighted by molar-refractivity contribution is -0.140. The summed E-state index contributed by atoms with van der Waals surface area (Å²) in [6.45, 7) is 5.27. The average Bonchev–Trinajstić information content (AvgIpc) is 3.14. The van der Waals surface area contributed by atoms with E-state index in [0.29, 0.717) is 51.7 Å². The second-order valence-electron chi connectivity index (χ2n) is 9.76. The van der Waals surface area contributed by atoms with Gasteiger partial charge in [-0.2, -0.15) is 4.31 Å². The molecule has 0 radical (unpaired) electrons. The number of morpholine rings is 1. The van der Waals surface area contributed by atoms with E-state index in [1.807, 2.05) is 29.8 Å². The highest BCUT2D eigenvalue weighted by Crippen LogP contribution is 2.50. The van der Waals surface area contributed by atoms with Crippen LogP contribution in [0.1, 0.15) is 24.2 Å². The number of aryl methyl sites for hydroxylation is 1. The molecule has 35 heavy (non-hydrogen) atoms. The van der Waals surface area contributed by atoms with Gasteiger partial charge in [-0.25, -0.2) is 8.42 Å². The molecule has 0 bridgehead atoms. The topological polar surface area (TPSA) is 105 Å². The fraction of sp³-hybridized carbons (Fsp3) is 0.625. The monoisotopic (exact) mass is 506 g/mol. The van der Waals surface area contributed by atoms with E-state index in [1.54, 1.807) is 18.9 Å². The Morgan fingerprint density at radius 1 is 1.23 bits per heavy atom. The van der Waals surface area contributed by atoms with E-state index in [0.717, 1.165) is 22.2 Å². The third kappa shape index (κ3) is 3.93. The minimum absolute atomic E-state index is 0.0433. The number of nitrogens with zero attached hydrogens (tertiary/aromatic N) is 4. The van der Waals surface area contributed by atoms with Crippen LogP contribution in [0.15, 0.2) is 18.2 Å². The number of aliphatic hydroxyl groups is 1. The van der Waals surface area contributed by atoms with Gasteiger partial charge in [0.2, 0.25) is 15.9 Å². The van der Waals surface area contributed by atoms with Gasteiger partial charge in [0.15, 0.2) is 0 Å². The number of ether oxygens (including phenoxy) is 2. The molecule has 11 heteroatoms. The molecule has 0 saturated carbocycles. The molecule has 5 rings (SSSR count). The van der Waals surface area contributed by atoms with Crippen LogP contribution in [0.2, 0.25) is 0 Å². The molecule has 0 aliphatic carbocycles. The van der Waals surface area contributed by atoms with Gasteiger partial charge >= 0.3 is 0 Å².